The molecule has 0 fully saturated rings. The van der Waals surface area contributed by atoms with Gasteiger partial charge in [0.05, 0.1) is 0 Å². The Kier molecular flexibility index (Phi) is 14.0. The van der Waals surface area contributed by atoms with Gasteiger partial charge in [0.2, 0.25) is 0 Å². The summed E-state index contributed by atoms with van der Waals surface area (Å²) in [5.74, 6) is -0.591. The van der Waals surface area contributed by atoms with Crippen LogP contribution in [0.2, 0.25) is 5.02 Å². The largest absolute Gasteiger partial charge is 1.00 e. The zero-order chi connectivity index (χ0) is 20.2. The number of hydrogen-bond donors (Lipinski definition) is 1. The number of esters is 2. The van der Waals surface area contributed by atoms with Crippen molar-refractivity contribution in [3.8, 4) is 5.75 Å². The van der Waals surface area contributed by atoms with Gasteiger partial charge in [-0.1, -0.05) is 32.4 Å². The number of rotatable bonds is 10. The van der Waals surface area contributed by atoms with E-state index in [1.807, 2.05) is 6.92 Å². The topological polar surface area (TPSA) is 90.9 Å². The molecule has 0 radical (unpaired) electrons. The maximum atomic E-state index is 11.8. The van der Waals surface area contributed by atoms with Crippen LogP contribution in [0.5, 0.6) is 5.75 Å². The van der Waals surface area contributed by atoms with Gasteiger partial charge in [0.25, 0.3) is 6.29 Å². The molecule has 9 heteroatoms. The van der Waals surface area contributed by atoms with Crippen LogP contribution in [0.4, 0.5) is 4.79 Å². The Morgan fingerprint density at radius 2 is 1.68 bits per heavy atom. The van der Waals surface area contributed by atoms with E-state index in [4.69, 9.17) is 25.8 Å². The van der Waals surface area contributed by atoms with Gasteiger partial charge >= 0.3 is 47.6 Å². The van der Waals surface area contributed by atoms with Crippen molar-refractivity contribution in [2.75, 3.05) is 6.54 Å². The first-order chi connectivity index (χ1) is 12.8. The van der Waals surface area contributed by atoms with Gasteiger partial charge in [-0.05, 0) is 37.1 Å². The molecule has 7 nitrogen and oxygen atoms in total. The summed E-state index contributed by atoms with van der Waals surface area (Å²) in [6.45, 7) is 5.65. The molecular weight excluding hydrogens is 397 g/mol. The number of benzene rings is 1. The smallest absolute Gasteiger partial charge is 0.427 e. The second-order valence-electron chi connectivity index (χ2n) is 6.22. The van der Waals surface area contributed by atoms with Crippen LogP contribution in [0.1, 0.15) is 46.5 Å². The Morgan fingerprint density at radius 1 is 1.04 bits per heavy atom. The second-order valence-corrected chi connectivity index (χ2v) is 6.65. The minimum Gasteiger partial charge on any atom is -0.427 e. The molecule has 0 saturated carbocycles. The number of carbonyl (C=O) groups is 3. The predicted octanol–water partition coefficient (Wildman–Crippen LogP) is 1.08. The maximum absolute atomic E-state index is 11.8. The molecule has 0 aliphatic carbocycles. The van der Waals surface area contributed by atoms with Crippen molar-refractivity contribution in [3.63, 3.8) is 0 Å². The predicted molar refractivity (Wildman–Crippen MR) is 100 cm³/mol. The monoisotopic (exact) mass is 422 g/mol. The molecule has 1 aromatic rings. The van der Waals surface area contributed by atoms with Crippen molar-refractivity contribution in [3.05, 3.63) is 29.3 Å². The minimum atomic E-state index is -0.945. The van der Waals surface area contributed by atoms with E-state index >= 15 is 0 Å². The fourth-order valence-corrected chi connectivity index (χ4v) is 2.07. The molecule has 0 spiro atoms. The van der Waals surface area contributed by atoms with Crippen LogP contribution in [0.25, 0.3) is 0 Å². The number of nitrogens with one attached hydrogen (secondary N) is 1. The van der Waals surface area contributed by atoms with Gasteiger partial charge in [-0.3, -0.25) is 9.59 Å². The van der Waals surface area contributed by atoms with Crippen LogP contribution in [-0.4, -0.2) is 30.9 Å². The fourth-order valence-electron chi connectivity index (χ4n) is 1.94. The first-order valence-electron chi connectivity index (χ1n) is 8.92. The number of ether oxygens (including phenoxy) is 3. The number of halogens is 1. The minimum absolute atomic E-state index is 0. The summed E-state index contributed by atoms with van der Waals surface area (Å²) in [5, 5.41) is 3.08. The zero-order valence-electron chi connectivity index (χ0n) is 16.8. The molecule has 0 bridgehead atoms. The van der Waals surface area contributed by atoms with E-state index in [0.717, 1.165) is 0 Å². The molecule has 1 unspecified atom stereocenters. The van der Waals surface area contributed by atoms with Crippen molar-refractivity contribution in [2.45, 2.75) is 52.7 Å². The average Bonchev–Trinajstić information content (AvgIpc) is 2.60. The van der Waals surface area contributed by atoms with E-state index in [-0.39, 0.29) is 54.9 Å². The van der Waals surface area contributed by atoms with Gasteiger partial charge in [0.15, 0.2) is 0 Å². The Hall–Kier alpha value is -1.28. The van der Waals surface area contributed by atoms with E-state index in [2.05, 4.69) is 5.32 Å². The van der Waals surface area contributed by atoms with E-state index in [0.29, 0.717) is 23.6 Å². The van der Waals surface area contributed by atoms with E-state index < -0.39 is 24.3 Å². The molecule has 150 valence electrons. The van der Waals surface area contributed by atoms with E-state index in [9.17, 15) is 14.4 Å². The van der Waals surface area contributed by atoms with Crippen molar-refractivity contribution < 1.29 is 58.2 Å². The van der Waals surface area contributed by atoms with Crippen molar-refractivity contribution >= 4 is 29.6 Å². The summed E-state index contributed by atoms with van der Waals surface area (Å²) in [6.07, 6.45) is -0.222. The Bertz CT molecular complexity index is 623. The molecule has 1 N–H and O–H groups in total. The van der Waals surface area contributed by atoms with Crippen molar-refractivity contribution in [1.82, 2.24) is 5.32 Å². The molecule has 0 aliphatic heterocycles. The molecule has 0 aromatic heterocycles. The standard InChI is InChI=1S/C19H26ClNO6.Na/c1-4-6-16(22)26-18(13(2)3)27-19(24)21-12-5-7-17(23)25-15-10-8-14(20)9-11-15;/h8-11,13,18H,4-7,12H2,1-3H3,(H,21,24);/q;+1. The fraction of sp³-hybridized carbons (Fsp3) is 0.526. The molecule has 1 amide bonds. The summed E-state index contributed by atoms with van der Waals surface area (Å²) in [4.78, 5) is 35.1. The van der Waals surface area contributed by atoms with Crippen molar-refractivity contribution in [2.24, 2.45) is 5.92 Å². The van der Waals surface area contributed by atoms with Gasteiger partial charge < -0.3 is 19.5 Å². The molecule has 0 aliphatic rings. The summed E-state index contributed by atoms with van der Waals surface area (Å²) in [5.41, 5.74) is 0. The third-order valence-electron chi connectivity index (χ3n) is 3.34. The van der Waals surface area contributed by atoms with Crippen LogP contribution in [0, 0.1) is 5.92 Å². The van der Waals surface area contributed by atoms with Gasteiger partial charge in [-0.15, -0.1) is 0 Å². The van der Waals surface area contributed by atoms with Crippen LogP contribution >= 0.6 is 11.6 Å². The SMILES string of the molecule is CCCC(=O)OC(OC(=O)NCCCC(=O)Oc1ccc(Cl)cc1)C(C)C.[Na+]. The van der Waals surface area contributed by atoms with Crippen molar-refractivity contribution in [1.29, 1.82) is 0 Å². The summed E-state index contributed by atoms with van der Waals surface area (Å²) >= 11 is 5.76. The van der Waals surface area contributed by atoms with Gasteiger partial charge in [-0.25, -0.2) is 4.79 Å². The van der Waals surface area contributed by atoms with Crippen LogP contribution < -0.4 is 39.6 Å². The first kappa shape index (κ1) is 26.7. The van der Waals surface area contributed by atoms with Gasteiger partial charge in [0, 0.05) is 30.3 Å². The summed E-state index contributed by atoms with van der Waals surface area (Å²) in [6, 6.07) is 6.45. The number of amides is 1. The molecule has 0 heterocycles. The number of carbonyl (C=O) groups excluding carboxylic acids is 3. The van der Waals surface area contributed by atoms with Crippen LogP contribution in [0.3, 0.4) is 0 Å². The third kappa shape index (κ3) is 11.5. The molecule has 1 atom stereocenters. The van der Waals surface area contributed by atoms with Gasteiger partial charge in [0.1, 0.15) is 5.75 Å². The van der Waals surface area contributed by atoms with Crippen LogP contribution in [-0.2, 0) is 19.1 Å². The van der Waals surface area contributed by atoms with E-state index in [1.165, 1.54) is 0 Å². The molecular formula is C19H26ClNNaO6+. The third-order valence-corrected chi connectivity index (χ3v) is 3.59. The second kappa shape index (κ2) is 14.7. The number of hydrogen-bond acceptors (Lipinski definition) is 6. The summed E-state index contributed by atoms with van der Waals surface area (Å²) < 4.78 is 15.4. The normalized spacial score (nSPS) is 11.2. The first-order valence-corrected chi connectivity index (χ1v) is 9.29. The molecule has 1 aromatic carbocycles. The molecule has 28 heavy (non-hydrogen) atoms. The Balaban J connectivity index is 0.00000729. The average molecular weight is 423 g/mol. The number of alkyl carbamates (subject to hydrolysis) is 1. The van der Waals surface area contributed by atoms with Crippen LogP contribution in [0.15, 0.2) is 24.3 Å². The van der Waals surface area contributed by atoms with E-state index in [1.54, 1.807) is 38.1 Å². The zero-order valence-corrected chi connectivity index (χ0v) is 19.6. The molecule has 1 rings (SSSR count). The maximum Gasteiger partial charge on any atom is 1.00 e. The molecule has 0 saturated heterocycles. The Morgan fingerprint density at radius 3 is 2.25 bits per heavy atom. The Labute approximate surface area is 192 Å². The summed E-state index contributed by atoms with van der Waals surface area (Å²) in [7, 11) is 0. The van der Waals surface area contributed by atoms with Gasteiger partial charge in [-0.2, -0.15) is 0 Å². The quantitative estimate of drug-likeness (QED) is 0.199.